The number of nitrogens with two attached hydrogens (primary N) is 1. The van der Waals surface area contributed by atoms with E-state index in [1.54, 1.807) is 7.05 Å². The van der Waals surface area contributed by atoms with Gasteiger partial charge >= 0.3 is 0 Å². The Kier molecular flexibility index (Phi) is 18.6. The zero-order valence-corrected chi connectivity index (χ0v) is 34.3. The second-order valence-electron chi connectivity index (χ2n) is 15.3. The summed E-state index contributed by atoms with van der Waals surface area (Å²) in [6.45, 7) is 20.8. The topological polar surface area (TPSA) is 299 Å². The minimum absolute atomic E-state index is 0.00685. The SMILES string of the molecule is C=C.CC.CC(N)C1C(O)(O)C(O)(O)C(C)(F)C(O)(O)C1(O)O.CNNC(C)N(C(C)CC1CC(C)C(C)N1CCCc1ccccc1)C1C(C(O)O)C1(O)O. The maximum Gasteiger partial charge on any atom is 0.259 e. The Balaban J connectivity index is 0.000000580. The van der Waals surface area contributed by atoms with Gasteiger partial charge in [-0.15, -0.1) is 13.2 Å². The molecule has 0 radical (unpaired) electrons. The number of nitrogens with zero attached hydrogens (tertiary/aromatic N) is 2. The molecule has 4 rings (SSSR count). The van der Waals surface area contributed by atoms with Crippen molar-refractivity contribution in [1.29, 1.82) is 0 Å². The number of nitrogens with one attached hydrogen (secondary N) is 2. The standard InChI is InChI=1S/C25H44N4O4.C9H18FNO8.C2H6.C2H4/c1-16-14-21(28(18(16)3)13-9-12-20-10-7-6-8-11-20)15-17(2)29(19(4)27-26-5)23-22(24(30)31)25(23,32)33;1-3(11)4-6(12,13)8(16,17)5(2,10)9(18,19)7(4,14)15;2*1-2/h6-8,10-11,16-19,21-24,26-27,30-33H,9,12-15H2,1-5H3;3-4,12-19H,11H2,1-2H3;1-2H3;1-2H2. The van der Waals surface area contributed by atoms with Gasteiger partial charge < -0.3 is 67.0 Å². The molecule has 16 N–H and O–H groups in total. The lowest BCUT2D eigenvalue weighted by Crippen LogP contribution is -2.89. The van der Waals surface area contributed by atoms with Crippen LogP contribution < -0.4 is 16.6 Å². The molecule has 0 aromatic heterocycles. The van der Waals surface area contributed by atoms with Crippen LogP contribution in [0.2, 0.25) is 0 Å². The Bertz CT molecular complexity index is 1290. The van der Waals surface area contributed by atoms with Crippen LogP contribution in [0, 0.1) is 17.8 Å². The molecular formula is C38H72FN5O12. The lowest BCUT2D eigenvalue weighted by atomic mass is 9.62. The van der Waals surface area contributed by atoms with Gasteiger partial charge in [0.05, 0.1) is 24.0 Å². The molecule has 56 heavy (non-hydrogen) atoms. The van der Waals surface area contributed by atoms with Crippen molar-refractivity contribution in [3.8, 4) is 0 Å². The van der Waals surface area contributed by atoms with Crippen LogP contribution in [0.25, 0.3) is 0 Å². The average molecular weight is 810 g/mol. The van der Waals surface area contributed by atoms with Crippen LogP contribution in [0.4, 0.5) is 4.39 Å². The fourth-order valence-electron chi connectivity index (χ4n) is 8.38. The van der Waals surface area contributed by atoms with E-state index in [1.165, 1.54) is 5.56 Å². The summed E-state index contributed by atoms with van der Waals surface area (Å²) in [5.74, 6) is -21.1. The Morgan fingerprint density at radius 2 is 1.39 bits per heavy atom. The van der Waals surface area contributed by atoms with Crippen LogP contribution in [0.3, 0.4) is 0 Å². The van der Waals surface area contributed by atoms with E-state index in [-0.39, 0.29) is 19.1 Å². The average Bonchev–Trinajstić information content (AvgIpc) is 3.57. The fraction of sp³-hybridized carbons (Fsp3) is 0.789. The molecule has 1 aromatic carbocycles. The van der Waals surface area contributed by atoms with Gasteiger partial charge in [-0.05, 0) is 85.4 Å². The van der Waals surface area contributed by atoms with Gasteiger partial charge in [0.15, 0.2) is 12.1 Å². The Morgan fingerprint density at radius 3 is 1.80 bits per heavy atom. The van der Waals surface area contributed by atoms with Gasteiger partial charge in [0.25, 0.3) is 11.6 Å². The first kappa shape index (κ1) is 52.2. The van der Waals surface area contributed by atoms with Gasteiger partial charge in [-0.25, -0.2) is 9.82 Å². The molecule has 3 aliphatic rings. The molecule has 8 unspecified atom stereocenters. The molecule has 18 heteroatoms. The first-order valence-corrected chi connectivity index (χ1v) is 19.2. The van der Waals surface area contributed by atoms with E-state index in [9.17, 15) is 65.7 Å². The van der Waals surface area contributed by atoms with Gasteiger partial charge in [0, 0.05) is 24.2 Å². The van der Waals surface area contributed by atoms with Crippen molar-refractivity contribution in [3.63, 3.8) is 0 Å². The number of aliphatic hydroxyl groups is 12. The normalized spacial score (nSPS) is 32.4. The highest BCUT2D eigenvalue weighted by Crippen LogP contribution is 2.55. The summed E-state index contributed by atoms with van der Waals surface area (Å²) in [4.78, 5) is 4.60. The first-order valence-electron chi connectivity index (χ1n) is 19.2. The summed E-state index contributed by atoms with van der Waals surface area (Å²) in [7, 11) is 1.77. The number of rotatable bonds is 13. The molecule has 0 bridgehead atoms. The summed E-state index contributed by atoms with van der Waals surface area (Å²) < 4.78 is 14.2. The third-order valence-electron chi connectivity index (χ3n) is 11.6. The quantitative estimate of drug-likeness (QED) is 0.0588. The summed E-state index contributed by atoms with van der Waals surface area (Å²) >= 11 is 0. The van der Waals surface area contributed by atoms with Crippen LogP contribution in [-0.4, -0.2) is 162 Å². The van der Waals surface area contributed by atoms with Crippen molar-refractivity contribution in [2.45, 2.75) is 158 Å². The predicted molar refractivity (Wildman–Crippen MR) is 207 cm³/mol. The van der Waals surface area contributed by atoms with E-state index in [1.807, 2.05) is 25.7 Å². The smallest absolute Gasteiger partial charge is 0.259 e. The molecular weight excluding hydrogens is 737 g/mol. The molecule has 0 spiro atoms. The lowest BCUT2D eigenvalue weighted by molar-refractivity contribution is -0.543. The van der Waals surface area contributed by atoms with Gasteiger partial charge in [-0.2, -0.15) is 0 Å². The number of hydrogen-bond acceptors (Lipinski definition) is 17. The number of likely N-dealkylation sites (tertiary alicyclic amines) is 1. The van der Waals surface area contributed by atoms with Crippen LogP contribution in [0.1, 0.15) is 80.2 Å². The summed E-state index contributed by atoms with van der Waals surface area (Å²) in [5.41, 5.74) is 8.63. The van der Waals surface area contributed by atoms with E-state index in [0.717, 1.165) is 39.2 Å². The third kappa shape index (κ3) is 9.97. The highest BCUT2D eigenvalue weighted by Gasteiger charge is 2.84. The number of benzene rings is 1. The maximum absolute atomic E-state index is 14.2. The minimum Gasteiger partial charge on any atom is -0.368 e. The zero-order chi connectivity index (χ0) is 44.0. The Morgan fingerprint density at radius 1 is 0.911 bits per heavy atom. The second kappa shape index (κ2) is 20.0. The summed E-state index contributed by atoms with van der Waals surface area (Å²) in [6, 6.07) is 9.17. The maximum atomic E-state index is 14.2. The molecule has 17 nitrogen and oxygen atoms in total. The first-order chi connectivity index (χ1) is 25.7. The largest absolute Gasteiger partial charge is 0.368 e. The molecule has 328 valence electrons. The summed E-state index contributed by atoms with van der Waals surface area (Å²) in [5, 5.41) is 117. The highest BCUT2D eigenvalue weighted by molar-refractivity contribution is 5.21. The van der Waals surface area contributed by atoms with Gasteiger partial charge in [-0.1, -0.05) is 51.1 Å². The molecule has 3 fully saturated rings. The number of aryl methyl sites for hydroxylation is 1. The lowest BCUT2D eigenvalue weighted by Gasteiger charge is -2.60. The van der Waals surface area contributed by atoms with E-state index in [0.29, 0.717) is 18.0 Å². The van der Waals surface area contributed by atoms with E-state index in [2.05, 4.69) is 80.0 Å². The molecule has 1 saturated heterocycles. The van der Waals surface area contributed by atoms with Gasteiger partial charge in [0.2, 0.25) is 17.2 Å². The van der Waals surface area contributed by atoms with Crippen molar-refractivity contribution in [1.82, 2.24) is 20.7 Å². The number of aliphatic hydroxyl groups excluding tert-OH is 1. The minimum atomic E-state index is -4.14. The number of hydrogen-bond donors (Lipinski definition) is 15. The zero-order valence-electron chi connectivity index (χ0n) is 34.3. The van der Waals surface area contributed by atoms with Crippen molar-refractivity contribution in [3.05, 3.63) is 49.1 Å². The molecule has 1 aromatic rings. The van der Waals surface area contributed by atoms with Gasteiger partial charge in [0.1, 0.15) is 0 Å². The van der Waals surface area contributed by atoms with Gasteiger partial charge in [-0.3, -0.25) is 15.2 Å². The Hall–Kier alpha value is -1.79. The predicted octanol–water partition coefficient (Wildman–Crippen LogP) is -1.90. The summed E-state index contributed by atoms with van der Waals surface area (Å²) in [6.07, 6.45) is 2.15. The molecule has 8 atom stereocenters. The highest BCUT2D eigenvalue weighted by atomic mass is 19.1. The monoisotopic (exact) mass is 810 g/mol. The number of alkyl halides is 1. The van der Waals surface area contributed by atoms with Crippen LogP contribution in [-0.2, 0) is 6.42 Å². The van der Waals surface area contributed by atoms with Crippen LogP contribution in [0.15, 0.2) is 43.5 Å². The van der Waals surface area contributed by atoms with E-state index < -0.39 is 64.8 Å². The second-order valence-corrected chi connectivity index (χ2v) is 15.3. The van der Waals surface area contributed by atoms with Crippen molar-refractivity contribution < 1.29 is 65.7 Å². The number of halogens is 1. The van der Waals surface area contributed by atoms with Crippen LogP contribution in [0.5, 0.6) is 0 Å². The molecule has 1 heterocycles. The van der Waals surface area contributed by atoms with E-state index in [4.69, 9.17) is 5.73 Å². The van der Waals surface area contributed by atoms with E-state index >= 15 is 0 Å². The van der Waals surface area contributed by atoms with Crippen molar-refractivity contribution >= 4 is 0 Å². The third-order valence-corrected chi connectivity index (χ3v) is 11.6. The molecule has 2 saturated carbocycles. The fourth-order valence-corrected chi connectivity index (χ4v) is 8.38. The Labute approximate surface area is 330 Å². The molecule has 0 amide bonds. The molecule has 1 aliphatic heterocycles. The van der Waals surface area contributed by atoms with Crippen LogP contribution >= 0.6 is 0 Å². The number of hydrazine groups is 1. The molecule has 2 aliphatic carbocycles. The van der Waals surface area contributed by atoms with Crippen molar-refractivity contribution in [2.24, 2.45) is 23.5 Å². The van der Waals surface area contributed by atoms with Crippen molar-refractivity contribution in [2.75, 3.05) is 13.6 Å².